The highest BCUT2D eigenvalue weighted by Gasteiger charge is 2.07. The Morgan fingerprint density at radius 3 is 2.00 bits per heavy atom. The van der Waals surface area contributed by atoms with E-state index in [1.54, 1.807) is 0 Å². The minimum Gasteiger partial charge on any atom is -0.267 e. The Labute approximate surface area is 148 Å². The number of nitrogens with zero attached hydrogens (tertiary/aromatic N) is 1. The summed E-state index contributed by atoms with van der Waals surface area (Å²) in [6.07, 6.45) is 3.85. The van der Waals surface area contributed by atoms with Crippen molar-refractivity contribution < 1.29 is 4.79 Å². The normalized spacial score (nSPS) is 11.6. The molecule has 0 fully saturated rings. The molecule has 0 aromatic heterocycles. The number of carbonyl (C=O) groups is 1. The largest absolute Gasteiger partial charge is 0.277 e. The molecule has 0 N–H and O–H groups in total. The number of aryl methyl sites for hydroxylation is 1. The molecule has 0 heterocycles. The van der Waals surface area contributed by atoms with Gasteiger partial charge in [-0.25, -0.2) is 4.99 Å². The van der Waals surface area contributed by atoms with Crippen LogP contribution in [0, 0.1) is 6.92 Å². The Morgan fingerprint density at radius 1 is 0.760 bits per heavy atom. The molecule has 2 nitrogen and oxygen atoms in total. The van der Waals surface area contributed by atoms with Crippen LogP contribution < -0.4 is 0 Å². The van der Waals surface area contributed by atoms with Crippen molar-refractivity contribution in [1.29, 1.82) is 0 Å². The number of hydrogen-bond acceptors (Lipinski definition) is 1. The van der Waals surface area contributed by atoms with Crippen molar-refractivity contribution in [1.82, 2.24) is 0 Å². The Balaban J connectivity index is 1.94. The quantitative estimate of drug-likeness (QED) is 0.595. The zero-order valence-electron chi connectivity index (χ0n) is 14.1. The molecule has 3 aromatic rings. The average Bonchev–Trinajstić information content (AvgIpc) is 2.67. The first-order chi connectivity index (χ1) is 12.2. The summed E-state index contributed by atoms with van der Waals surface area (Å²) in [5.74, 6) is -0.239. The minimum atomic E-state index is -0.239. The smallest absolute Gasteiger partial charge is 0.267 e. The van der Waals surface area contributed by atoms with Crippen molar-refractivity contribution in [3.63, 3.8) is 0 Å². The van der Waals surface area contributed by atoms with Crippen molar-refractivity contribution in [2.24, 2.45) is 4.99 Å². The summed E-state index contributed by atoms with van der Waals surface area (Å²) in [5, 5.41) is 0. The highest BCUT2D eigenvalue weighted by molar-refractivity contribution is 6.17. The molecule has 122 valence electrons. The van der Waals surface area contributed by atoms with Gasteiger partial charge in [0.15, 0.2) is 0 Å². The van der Waals surface area contributed by atoms with Gasteiger partial charge >= 0.3 is 0 Å². The third-order valence-electron chi connectivity index (χ3n) is 3.82. The van der Waals surface area contributed by atoms with Crippen LogP contribution in [0.25, 0.3) is 6.08 Å². The fourth-order valence-electron chi connectivity index (χ4n) is 2.42. The molecule has 0 saturated carbocycles. The molecule has 0 aliphatic rings. The maximum absolute atomic E-state index is 12.5. The van der Waals surface area contributed by atoms with Crippen LogP contribution in [0.5, 0.6) is 0 Å². The summed E-state index contributed by atoms with van der Waals surface area (Å²) in [7, 11) is 0. The SMILES string of the molecule is Cc1ccc(C(=O)N=C(/C=C/c2ccccc2)c2ccccc2)cc1. The lowest BCUT2D eigenvalue weighted by atomic mass is 10.1. The van der Waals surface area contributed by atoms with Crippen LogP contribution >= 0.6 is 0 Å². The third kappa shape index (κ3) is 4.61. The first-order valence-electron chi connectivity index (χ1n) is 8.20. The summed E-state index contributed by atoms with van der Waals surface area (Å²) in [4.78, 5) is 16.9. The fraction of sp³-hybridized carbons (Fsp3) is 0.0435. The van der Waals surface area contributed by atoms with Gasteiger partial charge in [-0.3, -0.25) is 4.79 Å². The molecular weight excluding hydrogens is 306 g/mol. The van der Waals surface area contributed by atoms with Gasteiger partial charge in [0.05, 0.1) is 5.71 Å². The van der Waals surface area contributed by atoms with Crippen molar-refractivity contribution in [2.45, 2.75) is 6.92 Å². The highest BCUT2D eigenvalue weighted by Crippen LogP contribution is 2.10. The second kappa shape index (κ2) is 8.02. The van der Waals surface area contributed by atoms with Crippen LogP contribution in [0.15, 0.2) is 96.0 Å². The van der Waals surface area contributed by atoms with Gasteiger partial charge in [0.2, 0.25) is 0 Å². The van der Waals surface area contributed by atoms with Gasteiger partial charge in [0.1, 0.15) is 0 Å². The van der Waals surface area contributed by atoms with Crippen LogP contribution in [0.3, 0.4) is 0 Å². The number of carbonyl (C=O) groups excluding carboxylic acids is 1. The average molecular weight is 325 g/mol. The van der Waals surface area contributed by atoms with E-state index in [0.29, 0.717) is 11.3 Å². The van der Waals surface area contributed by atoms with Crippen molar-refractivity contribution in [3.8, 4) is 0 Å². The van der Waals surface area contributed by atoms with E-state index in [1.165, 1.54) is 0 Å². The Hall–Kier alpha value is -3.26. The molecule has 3 aromatic carbocycles. The number of aliphatic imine (C=N–C) groups is 1. The lowest BCUT2D eigenvalue weighted by molar-refractivity contribution is 0.100. The Kier molecular flexibility index (Phi) is 5.32. The maximum atomic E-state index is 12.5. The van der Waals surface area contributed by atoms with Crippen molar-refractivity contribution >= 4 is 17.7 Å². The van der Waals surface area contributed by atoms with Gasteiger partial charge < -0.3 is 0 Å². The van der Waals surface area contributed by atoms with E-state index >= 15 is 0 Å². The number of amides is 1. The molecule has 3 rings (SSSR count). The molecule has 0 radical (unpaired) electrons. The minimum absolute atomic E-state index is 0.239. The zero-order chi connectivity index (χ0) is 17.5. The fourth-order valence-corrected chi connectivity index (χ4v) is 2.42. The van der Waals surface area contributed by atoms with Gasteiger partial charge in [-0.15, -0.1) is 0 Å². The standard InChI is InChI=1S/C23H19NO/c1-18-12-15-21(16-13-18)23(25)24-22(20-10-6-3-7-11-20)17-14-19-8-4-2-5-9-19/h2-17H,1H3/b17-14+,24-22?. The van der Waals surface area contributed by atoms with Crippen molar-refractivity contribution in [2.75, 3.05) is 0 Å². The lowest BCUT2D eigenvalue weighted by Gasteiger charge is -2.03. The molecule has 0 atom stereocenters. The van der Waals surface area contributed by atoms with E-state index < -0.39 is 0 Å². The van der Waals surface area contributed by atoms with E-state index in [4.69, 9.17) is 0 Å². The van der Waals surface area contributed by atoms with Crippen LogP contribution in [-0.2, 0) is 0 Å². The molecule has 0 aliphatic carbocycles. The van der Waals surface area contributed by atoms with E-state index in [9.17, 15) is 4.79 Å². The van der Waals surface area contributed by atoms with Crippen molar-refractivity contribution in [3.05, 3.63) is 113 Å². The molecule has 25 heavy (non-hydrogen) atoms. The van der Waals surface area contributed by atoms with E-state index in [1.807, 2.05) is 104 Å². The lowest BCUT2D eigenvalue weighted by Crippen LogP contribution is -2.03. The monoisotopic (exact) mass is 325 g/mol. The molecule has 0 saturated heterocycles. The number of allylic oxidation sites excluding steroid dienone is 1. The molecule has 0 unspecified atom stereocenters. The van der Waals surface area contributed by atoms with Gasteiger partial charge in [-0.2, -0.15) is 0 Å². The maximum Gasteiger partial charge on any atom is 0.277 e. The molecular formula is C23H19NO. The molecule has 1 amide bonds. The topological polar surface area (TPSA) is 29.4 Å². The zero-order valence-corrected chi connectivity index (χ0v) is 14.1. The second-order valence-corrected chi connectivity index (χ2v) is 5.78. The molecule has 0 aliphatic heterocycles. The number of benzene rings is 3. The molecule has 0 bridgehead atoms. The predicted octanol–water partition coefficient (Wildman–Crippen LogP) is 5.34. The predicted molar refractivity (Wildman–Crippen MR) is 104 cm³/mol. The summed E-state index contributed by atoms with van der Waals surface area (Å²) >= 11 is 0. The summed E-state index contributed by atoms with van der Waals surface area (Å²) < 4.78 is 0. The first kappa shape index (κ1) is 16.6. The van der Waals surface area contributed by atoms with Crippen LogP contribution in [0.4, 0.5) is 0 Å². The van der Waals surface area contributed by atoms with Crippen LogP contribution in [0.1, 0.15) is 27.0 Å². The second-order valence-electron chi connectivity index (χ2n) is 5.78. The van der Waals surface area contributed by atoms with E-state index in [0.717, 1.165) is 16.7 Å². The molecule has 0 spiro atoms. The Morgan fingerprint density at radius 2 is 1.36 bits per heavy atom. The summed E-state index contributed by atoms with van der Waals surface area (Å²) in [6.45, 7) is 2.00. The number of rotatable bonds is 4. The Bertz CT molecular complexity index is 892. The van der Waals surface area contributed by atoms with Gasteiger partial charge in [0, 0.05) is 11.1 Å². The highest BCUT2D eigenvalue weighted by atomic mass is 16.1. The molecule has 2 heteroatoms. The van der Waals surface area contributed by atoms with Gasteiger partial charge in [-0.1, -0.05) is 84.4 Å². The van der Waals surface area contributed by atoms with Gasteiger partial charge in [0.25, 0.3) is 5.91 Å². The van der Waals surface area contributed by atoms with E-state index in [-0.39, 0.29) is 5.91 Å². The van der Waals surface area contributed by atoms with Crippen LogP contribution in [0.2, 0.25) is 0 Å². The van der Waals surface area contributed by atoms with E-state index in [2.05, 4.69) is 4.99 Å². The van der Waals surface area contributed by atoms with Crippen LogP contribution in [-0.4, -0.2) is 11.6 Å². The summed E-state index contributed by atoms with van der Waals surface area (Å²) in [6, 6.07) is 27.2. The first-order valence-corrected chi connectivity index (χ1v) is 8.20. The van der Waals surface area contributed by atoms with Gasteiger partial charge in [-0.05, 0) is 30.7 Å². The number of hydrogen-bond donors (Lipinski definition) is 0. The summed E-state index contributed by atoms with van der Waals surface area (Å²) in [5.41, 5.74) is 4.33. The third-order valence-corrected chi connectivity index (χ3v) is 3.82.